The molecule has 0 aromatic heterocycles. The third kappa shape index (κ3) is 4.28. The lowest BCUT2D eigenvalue weighted by molar-refractivity contribution is 0.0510. The average molecular weight is 319 g/mol. The molecular formula is C13H16Cl2N2O3. The van der Waals surface area contributed by atoms with Gasteiger partial charge in [0.1, 0.15) is 11.4 Å². The molecule has 0 atom stereocenters. The minimum Gasteiger partial charge on any atom is -0.494 e. The van der Waals surface area contributed by atoms with Gasteiger partial charge in [-0.05, 0) is 18.1 Å². The van der Waals surface area contributed by atoms with Gasteiger partial charge in [-0.2, -0.15) is 0 Å². The number of oxime groups is 1. The molecule has 110 valence electrons. The Morgan fingerprint density at radius 1 is 1.35 bits per heavy atom. The molecule has 1 rings (SSSR count). The predicted molar refractivity (Wildman–Crippen MR) is 79.5 cm³/mol. The fourth-order valence-corrected chi connectivity index (χ4v) is 1.98. The molecule has 0 radical (unpaired) electrons. The lowest BCUT2D eigenvalue weighted by Gasteiger charge is -2.10. The molecule has 1 aromatic carbocycles. The molecule has 20 heavy (non-hydrogen) atoms. The summed E-state index contributed by atoms with van der Waals surface area (Å²) in [7, 11) is 1.38. The van der Waals surface area contributed by atoms with Crippen LogP contribution in [0, 0.1) is 5.92 Å². The Bertz CT molecular complexity index is 531. The van der Waals surface area contributed by atoms with E-state index in [1.54, 1.807) is 0 Å². The highest BCUT2D eigenvalue weighted by Crippen LogP contribution is 2.34. The fraction of sp³-hybridized carbons (Fsp3) is 0.385. The van der Waals surface area contributed by atoms with Crippen LogP contribution in [0.5, 0.6) is 5.75 Å². The van der Waals surface area contributed by atoms with Gasteiger partial charge < -0.3 is 15.3 Å². The summed E-state index contributed by atoms with van der Waals surface area (Å²) in [5.74, 6) is -0.102. The molecule has 0 spiro atoms. The van der Waals surface area contributed by atoms with E-state index >= 15 is 0 Å². The van der Waals surface area contributed by atoms with Gasteiger partial charge in [-0.1, -0.05) is 42.2 Å². The largest absolute Gasteiger partial charge is 0.494 e. The van der Waals surface area contributed by atoms with E-state index in [2.05, 4.69) is 5.16 Å². The van der Waals surface area contributed by atoms with Crippen molar-refractivity contribution in [3.63, 3.8) is 0 Å². The first-order valence-corrected chi connectivity index (χ1v) is 6.68. The highest BCUT2D eigenvalue weighted by Gasteiger charge is 2.21. The summed E-state index contributed by atoms with van der Waals surface area (Å²) in [6, 6.07) is 3.00. The molecule has 2 N–H and O–H groups in total. The Morgan fingerprint density at radius 3 is 2.50 bits per heavy atom. The van der Waals surface area contributed by atoms with Gasteiger partial charge in [0, 0.05) is 6.42 Å². The maximum Gasteiger partial charge on any atom is 0.371 e. The number of halogens is 2. The minimum absolute atomic E-state index is 0.0164. The molecule has 0 aliphatic rings. The number of methoxy groups -OCH3 is 1. The summed E-state index contributed by atoms with van der Waals surface area (Å²) in [4.78, 5) is 16.7. The molecule has 5 nitrogen and oxygen atoms in total. The first-order valence-electron chi connectivity index (χ1n) is 5.92. The Balaban J connectivity index is 2.96. The second-order valence-corrected chi connectivity index (χ2v) is 5.31. The minimum atomic E-state index is -0.777. The Kier molecular flexibility index (Phi) is 6.10. The molecule has 0 saturated carbocycles. The first kappa shape index (κ1) is 16.6. The van der Waals surface area contributed by atoms with Gasteiger partial charge in [-0.3, -0.25) is 0 Å². The Hall–Kier alpha value is -1.46. The number of benzene rings is 1. The summed E-state index contributed by atoms with van der Waals surface area (Å²) >= 11 is 11.9. The quantitative estimate of drug-likeness (QED) is 0.390. The van der Waals surface area contributed by atoms with E-state index in [0.717, 1.165) is 0 Å². The first-order chi connectivity index (χ1) is 9.36. The van der Waals surface area contributed by atoms with Crippen LogP contribution in [-0.4, -0.2) is 18.9 Å². The van der Waals surface area contributed by atoms with E-state index in [0.29, 0.717) is 12.3 Å². The molecule has 0 bridgehead atoms. The van der Waals surface area contributed by atoms with Gasteiger partial charge in [-0.25, -0.2) is 4.79 Å². The van der Waals surface area contributed by atoms with Gasteiger partial charge in [0.05, 0.1) is 17.2 Å². The Labute approximate surface area is 127 Å². The van der Waals surface area contributed by atoms with Crippen LogP contribution < -0.4 is 10.5 Å². The lowest BCUT2D eigenvalue weighted by Crippen LogP contribution is -2.16. The zero-order valence-electron chi connectivity index (χ0n) is 11.4. The van der Waals surface area contributed by atoms with Crippen LogP contribution in [0.25, 0.3) is 0 Å². The molecule has 7 heteroatoms. The van der Waals surface area contributed by atoms with Crippen molar-refractivity contribution in [2.24, 2.45) is 16.8 Å². The van der Waals surface area contributed by atoms with Crippen molar-refractivity contribution in [2.45, 2.75) is 20.3 Å². The van der Waals surface area contributed by atoms with E-state index in [9.17, 15) is 4.79 Å². The van der Waals surface area contributed by atoms with Crippen LogP contribution in [0.4, 0.5) is 0 Å². The van der Waals surface area contributed by atoms with Crippen molar-refractivity contribution in [1.29, 1.82) is 0 Å². The van der Waals surface area contributed by atoms with Crippen LogP contribution in [-0.2, 0) is 4.84 Å². The van der Waals surface area contributed by atoms with Gasteiger partial charge in [0.25, 0.3) is 0 Å². The molecule has 0 aliphatic carbocycles. The van der Waals surface area contributed by atoms with Crippen molar-refractivity contribution in [1.82, 2.24) is 0 Å². The number of ether oxygens (including phenoxy) is 1. The van der Waals surface area contributed by atoms with Crippen molar-refractivity contribution in [3.8, 4) is 5.75 Å². The summed E-state index contributed by atoms with van der Waals surface area (Å²) in [6.07, 6.45) is 0.522. The van der Waals surface area contributed by atoms with Crippen LogP contribution in [0.3, 0.4) is 0 Å². The molecule has 0 fully saturated rings. The van der Waals surface area contributed by atoms with E-state index in [-0.39, 0.29) is 27.2 Å². The van der Waals surface area contributed by atoms with Crippen LogP contribution in [0.2, 0.25) is 10.0 Å². The molecule has 0 amide bonds. The summed E-state index contributed by atoms with van der Waals surface area (Å²) in [5.41, 5.74) is 5.64. The second kappa shape index (κ2) is 7.36. The van der Waals surface area contributed by atoms with Crippen molar-refractivity contribution < 1.29 is 14.4 Å². The van der Waals surface area contributed by atoms with Crippen LogP contribution in [0.1, 0.15) is 30.6 Å². The maximum absolute atomic E-state index is 12.0. The number of hydrogen-bond donors (Lipinski definition) is 1. The van der Waals surface area contributed by atoms with E-state index in [1.165, 1.54) is 19.2 Å². The SMILES string of the molecule is COc1c(Cl)ccc(Cl)c1C(=O)O/N=C(\N)CC(C)C. The number of amidine groups is 1. The highest BCUT2D eigenvalue weighted by molar-refractivity contribution is 6.37. The van der Waals surface area contributed by atoms with Crippen molar-refractivity contribution in [3.05, 3.63) is 27.7 Å². The monoisotopic (exact) mass is 318 g/mol. The molecule has 0 aliphatic heterocycles. The van der Waals surface area contributed by atoms with Crippen molar-refractivity contribution in [2.75, 3.05) is 7.11 Å². The number of nitrogens with two attached hydrogens (primary N) is 1. The summed E-state index contributed by atoms with van der Waals surface area (Å²) < 4.78 is 5.05. The normalized spacial score (nSPS) is 11.6. The van der Waals surface area contributed by atoms with Crippen LogP contribution >= 0.6 is 23.2 Å². The van der Waals surface area contributed by atoms with E-state index in [4.69, 9.17) is 38.5 Å². The Morgan fingerprint density at radius 2 is 1.95 bits per heavy atom. The van der Waals surface area contributed by atoms with Crippen LogP contribution in [0.15, 0.2) is 17.3 Å². The summed E-state index contributed by atoms with van der Waals surface area (Å²) in [5, 5.41) is 3.99. The number of carbonyl (C=O) groups excluding carboxylic acids is 1. The third-order valence-corrected chi connectivity index (χ3v) is 2.94. The number of rotatable bonds is 5. The van der Waals surface area contributed by atoms with E-state index < -0.39 is 5.97 Å². The number of carbonyl (C=O) groups is 1. The second-order valence-electron chi connectivity index (χ2n) is 4.50. The molecule has 0 saturated heterocycles. The standard InChI is InChI=1S/C13H16Cl2N2O3/c1-7(2)6-10(16)17-20-13(18)11-8(14)4-5-9(15)12(11)19-3/h4-5,7H,6H2,1-3H3,(H2,16,17). The predicted octanol–water partition coefficient (Wildman–Crippen LogP) is 3.48. The smallest absolute Gasteiger partial charge is 0.371 e. The summed E-state index contributed by atoms with van der Waals surface area (Å²) in [6.45, 7) is 3.95. The molecule has 1 aromatic rings. The number of hydrogen-bond acceptors (Lipinski definition) is 4. The topological polar surface area (TPSA) is 73.9 Å². The van der Waals surface area contributed by atoms with Crippen molar-refractivity contribution >= 4 is 35.0 Å². The fourth-order valence-electron chi connectivity index (χ4n) is 1.52. The van der Waals surface area contributed by atoms with Gasteiger partial charge in [-0.15, -0.1) is 0 Å². The van der Waals surface area contributed by atoms with Gasteiger partial charge in [0.15, 0.2) is 5.75 Å². The molecule has 0 unspecified atom stereocenters. The van der Waals surface area contributed by atoms with Gasteiger partial charge >= 0.3 is 5.97 Å². The lowest BCUT2D eigenvalue weighted by atomic mass is 10.1. The van der Waals surface area contributed by atoms with Gasteiger partial charge in [0.2, 0.25) is 0 Å². The molecule has 0 heterocycles. The van der Waals surface area contributed by atoms with E-state index in [1.807, 2.05) is 13.8 Å². The number of nitrogens with zero attached hydrogens (tertiary/aromatic N) is 1. The maximum atomic E-state index is 12.0. The molecular weight excluding hydrogens is 303 g/mol. The third-order valence-electron chi connectivity index (χ3n) is 2.33. The zero-order valence-corrected chi connectivity index (χ0v) is 13.0. The average Bonchev–Trinajstić information content (AvgIpc) is 2.37. The highest BCUT2D eigenvalue weighted by atomic mass is 35.5. The zero-order chi connectivity index (χ0) is 15.3.